The molecular formula is C15H22FNO2. The van der Waals surface area contributed by atoms with Gasteiger partial charge in [0.2, 0.25) is 0 Å². The molecule has 1 aromatic carbocycles. The van der Waals surface area contributed by atoms with Crippen molar-refractivity contribution in [2.45, 2.75) is 31.8 Å². The van der Waals surface area contributed by atoms with Gasteiger partial charge in [0.1, 0.15) is 11.6 Å². The van der Waals surface area contributed by atoms with Gasteiger partial charge in [-0.05, 0) is 44.5 Å². The largest absolute Gasteiger partial charge is 0.497 e. The van der Waals surface area contributed by atoms with E-state index in [2.05, 4.69) is 11.8 Å². The Morgan fingerprint density at radius 3 is 2.79 bits per heavy atom. The highest BCUT2D eigenvalue weighted by Crippen LogP contribution is 2.35. The molecule has 1 fully saturated rings. The molecule has 0 saturated carbocycles. The highest BCUT2D eigenvalue weighted by molar-refractivity contribution is 5.32. The first-order valence-electron chi connectivity index (χ1n) is 6.88. The van der Waals surface area contributed by atoms with Gasteiger partial charge in [0.25, 0.3) is 0 Å². The molecule has 1 N–H and O–H groups in total. The van der Waals surface area contributed by atoms with Crippen LogP contribution in [0.15, 0.2) is 18.2 Å². The molecule has 1 heterocycles. The highest BCUT2D eigenvalue weighted by Gasteiger charge is 2.34. The quantitative estimate of drug-likeness (QED) is 0.913. The van der Waals surface area contributed by atoms with Gasteiger partial charge in [-0.3, -0.25) is 0 Å². The fourth-order valence-electron chi connectivity index (χ4n) is 2.76. The van der Waals surface area contributed by atoms with E-state index in [1.165, 1.54) is 13.2 Å². The second kappa shape index (κ2) is 5.88. The Hall–Kier alpha value is -1.13. The molecule has 106 valence electrons. The molecule has 4 heteroatoms. The predicted molar refractivity (Wildman–Crippen MR) is 72.8 cm³/mol. The van der Waals surface area contributed by atoms with E-state index < -0.39 is 5.60 Å². The van der Waals surface area contributed by atoms with E-state index in [-0.39, 0.29) is 5.82 Å². The number of nitrogens with zero attached hydrogens (tertiary/aromatic N) is 1. The lowest BCUT2D eigenvalue weighted by molar-refractivity contribution is 0.0179. The number of likely N-dealkylation sites (tertiary alicyclic amines) is 1. The van der Waals surface area contributed by atoms with Crippen molar-refractivity contribution < 1.29 is 14.2 Å². The fourth-order valence-corrected chi connectivity index (χ4v) is 2.76. The molecule has 0 aliphatic carbocycles. The Morgan fingerprint density at radius 1 is 1.37 bits per heavy atom. The van der Waals surface area contributed by atoms with Crippen LogP contribution in [0.25, 0.3) is 0 Å². The summed E-state index contributed by atoms with van der Waals surface area (Å²) >= 11 is 0. The zero-order valence-corrected chi connectivity index (χ0v) is 11.7. The van der Waals surface area contributed by atoms with Crippen LogP contribution in [0.5, 0.6) is 5.75 Å². The lowest BCUT2D eigenvalue weighted by Crippen LogP contribution is -2.30. The molecule has 2 rings (SSSR count). The first-order valence-corrected chi connectivity index (χ1v) is 6.88. The van der Waals surface area contributed by atoms with Crippen molar-refractivity contribution >= 4 is 0 Å². The van der Waals surface area contributed by atoms with Crippen molar-refractivity contribution in [2.24, 2.45) is 0 Å². The normalized spacial score (nSPS) is 25.1. The monoisotopic (exact) mass is 267 g/mol. The number of ether oxygens (including phenoxy) is 1. The minimum Gasteiger partial charge on any atom is -0.497 e. The molecule has 0 radical (unpaired) electrons. The van der Waals surface area contributed by atoms with Crippen LogP contribution in [0.4, 0.5) is 4.39 Å². The third-order valence-electron chi connectivity index (χ3n) is 4.03. The summed E-state index contributed by atoms with van der Waals surface area (Å²) in [6.45, 7) is 4.86. The van der Waals surface area contributed by atoms with E-state index in [1.807, 2.05) is 0 Å². The third kappa shape index (κ3) is 3.07. The van der Waals surface area contributed by atoms with Gasteiger partial charge in [-0.1, -0.05) is 6.92 Å². The van der Waals surface area contributed by atoms with E-state index in [1.54, 1.807) is 12.1 Å². The molecule has 1 aliphatic heterocycles. The molecule has 0 spiro atoms. The van der Waals surface area contributed by atoms with Gasteiger partial charge in [-0.2, -0.15) is 0 Å². The molecule has 0 bridgehead atoms. The number of halogens is 1. The van der Waals surface area contributed by atoms with Gasteiger partial charge in [-0.15, -0.1) is 0 Å². The van der Waals surface area contributed by atoms with Crippen LogP contribution in [-0.2, 0) is 5.60 Å². The molecule has 1 aliphatic rings. The topological polar surface area (TPSA) is 32.7 Å². The summed E-state index contributed by atoms with van der Waals surface area (Å²) in [5, 5.41) is 10.8. The minimum absolute atomic E-state index is 0.383. The summed E-state index contributed by atoms with van der Waals surface area (Å²) < 4.78 is 19.1. The number of rotatable bonds is 3. The van der Waals surface area contributed by atoms with Crippen molar-refractivity contribution in [3.05, 3.63) is 29.6 Å². The number of benzene rings is 1. The van der Waals surface area contributed by atoms with E-state index in [9.17, 15) is 9.50 Å². The number of aliphatic hydroxyl groups is 1. The van der Waals surface area contributed by atoms with Gasteiger partial charge in [0, 0.05) is 18.2 Å². The summed E-state index contributed by atoms with van der Waals surface area (Å²) in [6.07, 6.45) is 2.06. The second-order valence-corrected chi connectivity index (χ2v) is 5.17. The van der Waals surface area contributed by atoms with Crippen LogP contribution < -0.4 is 4.74 Å². The van der Waals surface area contributed by atoms with Crippen molar-refractivity contribution in [2.75, 3.05) is 26.7 Å². The maximum Gasteiger partial charge on any atom is 0.132 e. The van der Waals surface area contributed by atoms with E-state index in [4.69, 9.17) is 4.74 Å². The molecule has 3 nitrogen and oxygen atoms in total. The zero-order valence-electron chi connectivity index (χ0n) is 11.7. The molecule has 0 amide bonds. The van der Waals surface area contributed by atoms with Crippen molar-refractivity contribution in [1.82, 2.24) is 4.90 Å². The van der Waals surface area contributed by atoms with Gasteiger partial charge in [0.05, 0.1) is 12.7 Å². The van der Waals surface area contributed by atoms with Gasteiger partial charge in [-0.25, -0.2) is 4.39 Å². The lowest BCUT2D eigenvalue weighted by atomic mass is 9.86. The van der Waals surface area contributed by atoms with Gasteiger partial charge >= 0.3 is 0 Å². The van der Waals surface area contributed by atoms with Crippen LogP contribution in [0, 0.1) is 5.82 Å². The van der Waals surface area contributed by atoms with Crippen molar-refractivity contribution in [3.63, 3.8) is 0 Å². The van der Waals surface area contributed by atoms with Crippen LogP contribution in [-0.4, -0.2) is 36.8 Å². The molecule has 0 aromatic heterocycles. The maximum atomic E-state index is 14.1. The maximum absolute atomic E-state index is 14.1. The highest BCUT2D eigenvalue weighted by atomic mass is 19.1. The molecule has 1 saturated heterocycles. The lowest BCUT2D eigenvalue weighted by Gasteiger charge is -2.28. The summed E-state index contributed by atoms with van der Waals surface area (Å²) in [5.74, 6) is 0.0976. The zero-order chi connectivity index (χ0) is 13.9. The Bertz CT molecular complexity index is 438. The minimum atomic E-state index is -1.06. The number of hydrogen-bond acceptors (Lipinski definition) is 3. The second-order valence-electron chi connectivity index (χ2n) is 5.17. The SMILES string of the molecule is CCN1CCCC(O)(c2ccc(OC)cc2F)CC1. The Morgan fingerprint density at radius 2 is 2.16 bits per heavy atom. The number of methoxy groups -OCH3 is 1. The van der Waals surface area contributed by atoms with Crippen LogP contribution in [0.3, 0.4) is 0 Å². The summed E-state index contributed by atoms with van der Waals surface area (Å²) in [7, 11) is 1.51. The van der Waals surface area contributed by atoms with Crippen LogP contribution >= 0.6 is 0 Å². The Balaban J connectivity index is 2.24. The smallest absolute Gasteiger partial charge is 0.132 e. The molecular weight excluding hydrogens is 245 g/mol. The first kappa shape index (κ1) is 14.3. The van der Waals surface area contributed by atoms with Crippen LogP contribution in [0.1, 0.15) is 31.7 Å². The van der Waals surface area contributed by atoms with E-state index in [0.717, 1.165) is 26.1 Å². The first-order chi connectivity index (χ1) is 9.09. The molecule has 1 aromatic rings. The molecule has 19 heavy (non-hydrogen) atoms. The van der Waals surface area contributed by atoms with Gasteiger partial charge in [0.15, 0.2) is 0 Å². The van der Waals surface area contributed by atoms with E-state index in [0.29, 0.717) is 24.2 Å². The average molecular weight is 267 g/mol. The molecule has 1 atom stereocenters. The Kier molecular flexibility index (Phi) is 4.42. The summed E-state index contributed by atoms with van der Waals surface area (Å²) in [6, 6.07) is 4.70. The van der Waals surface area contributed by atoms with Gasteiger partial charge < -0.3 is 14.7 Å². The standard InChI is InChI=1S/C15H22FNO2/c1-3-17-9-4-7-15(18,8-10-17)13-6-5-12(19-2)11-14(13)16/h5-6,11,18H,3-4,7-10H2,1-2H3. The fraction of sp³-hybridized carbons (Fsp3) is 0.600. The van der Waals surface area contributed by atoms with Crippen molar-refractivity contribution in [3.8, 4) is 5.75 Å². The Labute approximate surface area is 114 Å². The number of hydrogen-bond donors (Lipinski definition) is 1. The van der Waals surface area contributed by atoms with Crippen molar-refractivity contribution in [1.29, 1.82) is 0 Å². The molecule has 1 unspecified atom stereocenters. The average Bonchev–Trinajstić information content (AvgIpc) is 2.61. The predicted octanol–water partition coefficient (Wildman–Crippen LogP) is 2.53. The van der Waals surface area contributed by atoms with Crippen LogP contribution in [0.2, 0.25) is 0 Å². The van der Waals surface area contributed by atoms with E-state index >= 15 is 0 Å². The third-order valence-corrected chi connectivity index (χ3v) is 4.03. The summed E-state index contributed by atoms with van der Waals surface area (Å²) in [4.78, 5) is 2.29. The summed E-state index contributed by atoms with van der Waals surface area (Å²) in [5.41, 5.74) is -0.661.